The molecule has 8 heteroatoms. The van der Waals surface area contributed by atoms with E-state index in [1.165, 1.54) is 5.56 Å². The summed E-state index contributed by atoms with van der Waals surface area (Å²) in [6.45, 7) is 4.05. The van der Waals surface area contributed by atoms with E-state index < -0.39 is 6.85 Å². The summed E-state index contributed by atoms with van der Waals surface area (Å²) in [5, 5.41) is 0. The molecule has 2 aliphatic rings. The van der Waals surface area contributed by atoms with Gasteiger partial charge >= 0.3 is 361 Å². The zero-order chi connectivity index (χ0) is 51.9. The first-order valence-electron chi connectivity index (χ1n) is 26.0. The Labute approximate surface area is 441 Å². The molecule has 2 aromatic heterocycles. The number of para-hydroxylation sites is 5. The van der Waals surface area contributed by atoms with Gasteiger partial charge in [0.05, 0.1) is 0 Å². The SMILES string of the molecule is [2H]C([2H])([2H])c1ccccc1-c1ccc(N2B3c4ccccc4-c4ccccc4N3c3ccc[c-]c32)nc1Oc1[c-]c(-n2[c](=[Pt])n(-c3c(-c4ccccc4)cccc3-c3cccc(C(C)(C)C)c3)c3ccccc32)ccc1. The minimum absolute atomic E-state index is 0.0434. The molecule has 0 amide bonds. The van der Waals surface area contributed by atoms with Gasteiger partial charge < -0.3 is 0 Å². The third-order valence-corrected chi connectivity index (χ3v) is 15.1. The van der Waals surface area contributed by atoms with E-state index in [-0.39, 0.29) is 23.8 Å². The van der Waals surface area contributed by atoms with E-state index in [9.17, 15) is 0 Å². The number of benzene rings is 9. The first-order chi connectivity index (χ1) is 36.9. The van der Waals surface area contributed by atoms with Gasteiger partial charge in [-0.2, -0.15) is 12.1 Å². The van der Waals surface area contributed by atoms with Crippen LogP contribution < -0.4 is 19.8 Å². The van der Waals surface area contributed by atoms with Gasteiger partial charge in [0.1, 0.15) is 0 Å². The van der Waals surface area contributed by atoms with Gasteiger partial charge in [0.25, 0.3) is 0 Å². The maximum absolute atomic E-state index is 8.62. The molecule has 9 aromatic carbocycles. The van der Waals surface area contributed by atoms with E-state index >= 15 is 0 Å². The van der Waals surface area contributed by atoms with Crippen molar-refractivity contribution in [3.8, 4) is 67.5 Å². The molecule has 0 atom stereocenters. The molecule has 354 valence electrons. The first kappa shape index (κ1) is 41.4. The maximum atomic E-state index is 8.62. The van der Waals surface area contributed by atoms with Crippen molar-refractivity contribution in [2.75, 3.05) is 9.62 Å². The molecule has 0 fully saturated rings. The predicted molar refractivity (Wildman–Crippen MR) is 296 cm³/mol. The van der Waals surface area contributed by atoms with Crippen LogP contribution >= 0.6 is 0 Å². The molecule has 0 bridgehead atoms. The van der Waals surface area contributed by atoms with Gasteiger partial charge in [0.15, 0.2) is 0 Å². The van der Waals surface area contributed by atoms with E-state index in [4.69, 9.17) is 13.8 Å². The van der Waals surface area contributed by atoms with Crippen LogP contribution in [-0.4, -0.2) is 21.1 Å². The fourth-order valence-electron chi connectivity index (χ4n) is 10.7. The summed E-state index contributed by atoms with van der Waals surface area (Å²) in [6.07, 6.45) is 0. The van der Waals surface area contributed by atoms with E-state index in [1.807, 2.05) is 54.6 Å². The van der Waals surface area contributed by atoms with Gasteiger partial charge in [-0.25, -0.2) is 0 Å². The van der Waals surface area contributed by atoms with E-state index in [0.29, 0.717) is 22.7 Å². The minimum atomic E-state index is -2.41. The van der Waals surface area contributed by atoms with Crippen molar-refractivity contribution in [3.05, 3.63) is 245 Å². The van der Waals surface area contributed by atoms with Crippen LogP contribution in [0, 0.1) is 22.8 Å². The molecular weight excluding hydrogens is 1070 g/mol. The molecule has 0 aliphatic carbocycles. The summed E-state index contributed by atoms with van der Waals surface area (Å²) in [4.78, 5) is 10.00. The number of rotatable bonds is 8. The van der Waals surface area contributed by atoms with Gasteiger partial charge in [0.2, 0.25) is 0 Å². The standard InChI is InChI=1S/C65H48BN5O.Pt/c1-44-21-8-9-28-50(44)55-39-40-62(71-61-38-17-16-37-60(61)70-57-34-13-11-30-54(57)53-29-10-12-33-56(53)66(70)71)67-64(55)72-49-27-19-26-48(42-49)68-43-69(59-36-15-14-35-58(59)68)63-51(45-22-6-5-7-23-45)31-20-32-52(63)46-24-18-25-47(41-46)65(2,3)4;/h5-37,39-41H,1-4H3;/q-2;/i1D3;. The van der Waals surface area contributed by atoms with E-state index in [2.05, 4.69) is 223 Å². The quantitative estimate of drug-likeness (QED) is 0.112. The van der Waals surface area contributed by atoms with Crippen molar-refractivity contribution in [1.29, 1.82) is 0 Å². The molecule has 0 unspecified atom stereocenters. The summed E-state index contributed by atoms with van der Waals surface area (Å²) in [5.74, 6) is 1.26. The van der Waals surface area contributed by atoms with Gasteiger partial charge in [-0.1, -0.05) is 42.5 Å². The van der Waals surface area contributed by atoms with Crippen LogP contribution in [0.5, 0.6) is 11.6 Å². The Morgan fingerprint density at radius 2 is 1.22 bits per heavy atom. The fourth-order valence-corrected chi connectivity index (χ4v) is 11.8. The molecule has 6 nitrogen and oxygen atoms in total. The first-order valence-corrected chi connectivity index (χ1v) is 25.6. The van der Waals surface area contributed by atoms with Crippen LogP contribution in [-0.2, 0) is 24.8 Å². The molecular formula is C65H48BN5OPt-2. The Hall–Kier alpha value is -8.25. The van der Waals surface area contributed by atoms with Crippen molar-refractivity contribution in [3.63, 3.8) is 0 Å². The number of anilines is 4. The van der Waals surface area contributed by atoms with E-state index in [0.717, 1.165) is 82.1 Å². The Kier molecular flexibility index (Phi) is 10.1. The number of imidazole rings is 1. The molecule has 13 rings (SSSR count). The Morgan fingerprint density at radius 1 is 0.562 bits per heavy atom. The zero-order valence-electron chi connectivity index (χ0n) is 43.3. The normalized spacial score (nSPS) is 13.4. The summed E-state index contributed by atoms with van der Waals surface area (Å²) in [6, 6.07) is 81.8. The Balaban J connectivity index is 0.980. The number of nitrogens with zero attached hydrogens (tertiary/aromatic N) is 5. The molecule has 2 aliphatic heterocycles. The molecule has 0 radical (unpaired) electrons. The average Bonchev–Trinajstić information content (AvgIpc) is 4.14. The van der Waals surface area contributed by atoms with Crippen LogP contribution in [0.4, 0.5) is 22.9 Å². The van der Waals surface area contributed by atoms with Crippen LogP contribution in [0.1, 0.15) is 36.0 Å². The second-order valence-electron chi connectivity index (χ2n) is 19.5. The van der Waals surface area contributed by atoms with Crippen molar-refractivity contribution in [1.82, 2.24) is 14.1 Å². The number of aryl methyl sites for hydroxylation is 1. The molecule has 0 N–H and O–H groups in total. The Bertz CT molecular complexity index is 4140. The van der Waals surface area contributed by atoms with Gasteiger partial charge in [-0.15, -0.1) is 6.07 Å². The fraction of sp³-hybridized carbons (Fsp3) is 0.0769. The zero-order valence-corrected chi connectivity index (χ0v) is 42.6. The van der Waals surface area contributed by atoms with Gasteiger partial charge in [-0.05, 0) is 11.6 Å². The summed E-state index contributed by atoms with van der Waals surface area (Å²) >= 11 is 2.46. The Morgan fingerprint density at radius 3 is 2.04 bits per heavy atom. The molecule has 4 heterocycles. The molecule has 0 saturated carbocycles. The second kappa shape index (κ2) is 17.8. The number of fused-ring (bicyclic) bond motifs is 9. The van der Waals surface area contributed by atoms with Gasteiger partial charge in [-0.3, -0.25) is 0 Å². The number of aromatic nitrogens is 3. The van der Waals surface area contributed by atoms with Crippen molar-refractivity contribution in [2.45, 2.75) is 33.0 Å². The predicted octanol–water partition coefficient (Wildman–Crippen LogP) is 15.6. The molecule has 0 saturated heterocycles. The summed E-state index contributed by atoms with van der Waals surface area (Å²) in [7, 11) is 0. The van der Waals surface area contributed by atoms with Crippen molar-refractivity contribution >= 4 is 46.4 Å². The average molecular weight is 1120 g/mol. The number of hydrogen-bond donors (Lipinski definition) is 0. The number of pyridine rings is 1. The third kappa shape index (κ3) is 7.52. The monoisotopic (exact) mass is 1120 g/mol. The van der Waals surface area contributed by atoms with Gasteiger partial charge in [0, 0.05) is 11.3 Å². The second-order valence-corrected chi connectivity index (χ2v) is 20.5. The summed E-state index contributed by atoms with van der Waals surface area (Å²) in [5.41, 5.74) is 17.1. The van der Waals surface area contributed by atoms with Crippen molar-refractivity contribution < 1.29 is 28.2 Å². The van der Waals surface area contributed by atoms with Crippen LogP contribution in [0.25, 0.3) is 66.9 Å². The topological polar surface area (TPSA) is 38.5 Å². The van der Waals surface area contributed by atoms with Crippen LogP contribution in [0.3, 0.4) is 0 Å². The number of ether oxygens (including phenoxy) is 1. The third-order valence-electron chi connectivity index (χ3n) is 14.1. The number of hydrogen-bond acceptors (Lipinski definition) is 4. The summed E-state index contributed by atoms with van der Waals surface area (Å²) < 4.78 is 38.4. The van der Waals surface area contributed by atoms with E-state index in [1.54, 1.807) is 12.1 Å². The van der Waals surface area contributed by atoms with Crippen molar-refractivity contribution in [2.24, 2.45) is 0 Å². The van der Waals surface area contributed by atoms with Crippen LogP contribution in [0.2, 0.25) is 0 Å². The molecule has 11 aromatic rings. The van der Waals surface area contributed by atoms with Crippen LogP contribution in [0.15, 0.2) is 218 Å². The molecule has 0 spiro atoms. The molecule has 73 heavy (non-hydrogen) atoms.